The van der Waals surface area contributed by atoms with Crippen molar-refractivity contribution in [3.63, 3.8) is 0 Å². The number of amides is 1. The van der Waals surface area contributed by atoms with E-state index >= 15 is 0 Å². The molecule has 7 nitrogen and oxygen atoms in total. The molecule has 0 saturated carbocycles. The molecule has 182 valence electrons. The van der Waals surface area contributed by atoms with Gasteiger partial charge in [-0.25, -0.2) is 8.42 Å². The predicted molar refractivity (Wildman–Crippen MR) is 133 cm³/mol. The third-order valence-electron chi connectivity index (χ3n) is 5.72. The van der Waals surface area contributed by atoms with Crippen LogP contribution in [-0.2, 0) is 14.8 Å². The van der Waals surface area contributed by atoms with E-state index in [4.69, 9.17) is 9.47 Å². The number of rotatable bonds is 10. The van der Waals surface area contributed by atoms with E-state index in [9.17, 15) is 13.2 Å². The van der Waals surface area contributed by atoms with Crippen LogP contribution >= 0.6 is 0 Å². The minimum Gasteiger partial charge on any atom is -0.497 e. The van der Waals surface area contributed by atoms with Gasteiger partial charge in [0.25, 0.3) is 0 Å². The van der Waals surface area contributed by atoms with E-state index in [1.165, 1.54) is 4.31 Å². The summed E-state index contributed by atoms with van der Waals surface area (Å²) in [6.07, 6.45) is 1.43. The highest BCUT2D eigenvalue weighted by atomic mass is 32.2. The predicted octanol–water partition coefficient (Wildman–Crippen LogP) is 4.56. The summed E-state index contributed by atoms with van der Waals surface area (Å²) < 4.78 is 37.3. The van der Waals surface area contributed by atoms with Crippen molar-refractivity contribution in [1.29, 1.82) is 0 Å². The zero-order chi connectivity index (χ0) is 24.9. The highest BCUT2D eigenvalue weighted by molar-refractivity contribution is 7.92. The van der Waals surface area contributed by atoms with Crippen molar-refractivity contribution in [3.8, 4) is 11.5 Å². The summed E-state index contributed by atoms with van der Waals surface area (Å²) in [7, 11) is -0.525. The lowest BCUT2D eigenvalue weighted by Gasteiger charge is -2.31. The zero-order valence-electron chi connectivity index (χ0n) is 20.8. The quantitative estimate of drug-likeness (QED) is 0.543. The second-order valence-corrected chi connectivity index (χ2v) is 10.4. The molecule has 0 spiro atoms. The first kappa shape index (κ1) is 26.5. The van der Waals surface area contributed by atoms with E-state index in [1.807, 2.05) is 19.9 Å². The highest BCUT2D eigenvalue weighted by Crippen LogP contribution is 2.32. The van der Waals surface area contributed by atoms with Crippen molar-refractivity contribution >= 4 is 21.6 Å². The number of nitrogens with zero attached hydrogens (tertiary/aromatic N) is 1. The number of carbonyl (C=O) groups excluding carboxylic acids is 1. The van der Waals surface area contributed by atoms with Gasteiger partial charge >= 0.3 is 0 Å². The van der Waals surface area contributed by atoms with Gasteiger partial charge in [0.15, 0.2) is 0 Å². The van der Waals surface area contributed by atoms with Crippen molar-refractivity contribution in [2.45, 2.75) is 59.0 Å². The lowest BCUT2D eigenvalue weighted by atomic mass is 9.93. The lowest BCUT2D eigenvalue weighted by molar-refractivity contribution is -0.122. The summed E-state index contributed by atoms with van der Waals surface area (Å²) in [4.78, 5) is 13.3. The van der Waals surface area contributed by atoms with Crippen LogP contribution in [0.25, 0.3) is 0 Å². The number of anilines is 1. The highest BCUT2D eigenvalue weighted by Gasteiger charge is 2.32. The summed E-state index contributed by atoms with van der Waals surface area (Å²) in [6, 6.07) is 9.46. The molecular formula is C25H36N2O5S. The lowest BCUT2D eigenvalue weighted by Crippen LogP contribution is -2.49. The van der Waals surface area contributed by atoms with Gasteiger partial charge in [0, 0.05) is 0 Å². The number of hydrogen-bond acceptors (Lipinski definition) is 5. The Morgan fingerprint density at radius 1 is 1.03 bits per heavy atom. The molecule has 0 heterocycles. The average Bonchev–Trinajstić information content (AvgIpc) is 2.75. The molecule has 2 aromatic carbocycles. The molecule has 0 bridgehead atoms. The smallest absolute Gasteiger partial charge is 0.244 e. The minimum atomic E-state index is -3.71. The Kier molecular flexibility index (Phi) is 8.77. The van der Waals surface area contributed by atoms with E-state index < -0.39 is 16.1 Å². The van der Waals surface area contributed by atoms with Crippen molar-refractivity contribution < 1.29 is 22.7 Å². The topological polar surface area (TPSA) is 84.9 Å². The van der Waals surface area contributed by atoms with Crippen LogP contribution in [0, 0.1) is 6.92 Å². The molecule has 33 heavy (non-hydrogen) atoms. The first-order chi connectivity index (χ1) is 15.4. The first-order valence-corrected chi connectivity index (χ1v) is 12.9. The Morgan fingerprint density at radius 3 is 2.09 bits per heavy atom. The third kappa shape index (κ3) is 6.19. The molecule has 0 aromatic heterocycles. The Hall–Kier alpha value is -2.74. The number of sulfonamides is 1. The first-order valence-electron chi connectivity index (χ1n) is 11.1. The maximum absolute atomic E-state index is 13.3. The molecule has 2 atom stereocenters. The fourth-order valence-corrected chi connectivity index (χ4v) is 5.20. The van der Waals surface area contributed by atoms with Crippen molar-refractivity contribution in [2.75, 3.05) is 24.8 Å². The molecule has 0 aliphatic rings. The van der Waals surface area contributed by atoms with Gasteiger partial charge in [0.1, 0.15) is 17.5 Å². The molecule has 8 heteroatoms. The fraction of sp³-hybridized carbons (Fsp3) is 0.480. The summed E-state index contributed by atoms with van der Waals surface area (Å²) in [6.45, 7) is 9.86. The van der Waals surface area contributed by atoms with Gasteiger partial charge in [-0.2, -0.15) is 0 Å². The fourth-order valence-electron chi connectivity index (χ4n) is 3.99. The van der Waals surface area contributed by atoms with Crippen LogP contribution in [-0.4, -0.2) is 40.8 Å². The van der Waals surface area contributed by atoms with Crippen molar-refractivity contribution in [3.05, 3.63) is 53.1 Å². The van der Waals surface area contributed by atoms with Gasteiger partial charge in [-0.15, -0.1) is 0 Å². The van der Waals surface area contributed by atoms with Crippen LogP contribution in [0.15, 0.2) is 36.4 Å². The SMILES string of the molecule is CC[C@H](C(=O)N[C@H](C)c1cc(C(C)C)c(OC)cc1C)N(c1ccc(OC)cc1)S(C)(=O)=O. The number of carbonyl (C=O) groups is 1. The zero-order valence-corrected chi connectivity index (χ0v) is 21.6. The maximum Gasteiger partial charge on any atom is 0.244 e. The molecule has 0 unspecified atom stereocenters. The van der Waals surface area contributed by atoms with E-state index in [0.717, 1.165) is 28.7 Å². The minimum absolute atomic E-state index is 0.251. The summed E-state index contributed by atoms with van der Waals surface area (Å²) in [5, 5.41) is 3.03. The van der Waals surface area contributed by atoms with Gasteiger partial charge in [-0.1, -0.05) is 20.8 Å². The molecule has 0 fully saturated rings. The monoisotopic (exact) mass is 476 g/mol. The molecule has 0 aliphatic carbocycles. The van der Waals surface area contributed by atoms with Crippen LogP contribution in [0.5, 0.6) is 11.5 Å². The largest absolute Gasteiger partial charge is 0.497 e. The summed E-state index contributed by atoms with van der Waals surface area (Å²) in [5.74, 6) is 1.32. The molecule has 2 aromatic rings. The number of benzene rings is 2. The Balaban J connectivity index is 2.38. The Bertz CT molecular complexity index is 1060. The number of aryl methyl sites for hydroxylation is 1. The maximum atomic E-state index is 13.3. The summed E-state index contributed by atoms with van der Waals surface area (Å²) in [5.41, 5.74) is 3.43. The molecular weight excluding hydrogens is 440 g/mol. The van der Waals surface area contributed by atoms with Crippen LogP contribution < -0.4 is 19.1 Å². The molecule has 1 N–H and O–H groups in total. The van der Waals surface area contributed by atoms with Crippen LogP contribution in [0.4, 0.5) is 5.69 Å². The normalized spacial score (nSPS) is 13.4. The van der Waals surface area contributed by atoms with E-state index in [2.05, 4.69) is 25.2 Å². The van der Waals surface area contributed by atoms with E-state index in [0.29, 0.717) is 17.9 Å². The van der Waals surface area contributed by atoms with Gasteiger partial charge in [-0.05, 0) is 79.3 Å². The summed E-state index contributed by atoms with van der Waals surface area (Å²) >= 11 is 0. The van der Waals surface area contributed by atoms with Crippen LogP contribution in [0.3, 0.4) is 0 Å². The molecule has 0 saturated heterocycles. The molecule has 1 amide bonds. The number of hydrogen-bond donors (Lipinski definition) is 1. The average molecular weight is 477 g/mol. The van der Waals surface area contributed by atoms with Gasteiger partial charge in [-0.3, -0.25) is 9.10 Å². The van der Waals surface area contributed by atoms with Gasteiger partial charge in [0.2, 0.25) is 15.9 Å². The standard InChI is InChI=1S/C25H36N2O5S/c1-9-23(27(33(8,29)30)19-10-12-20(31-6)13-11-19)25(28)26-18(5)22-15-21(16(2)3)24(32-7)14-17(22)4/h10-16,18,23H,9H2,1-8H3,(H,26,28)/t18-,23-/m1/s1. The molecule has 0 radical (unpaired) electrons. The molecule has 2 rings (SSSR count). The van der Waals surface area contributed by atoms with Crippen LogP contribution in [0.2, 0.25) is 0 Å². The Labute approximate surface area is 198 Å². The number of nitrogens with one attached hydrogen (secondary N) is 1. The van der Waals surface area contributed by atoms with E-state index in [-0.39, 0.29) is 17.9 Å². The molecule has 0 aliphatic heterocycles. The van der Waals surface area contributed by atoms with E-state index in [1.54, 1.807) is 45.4 Å². The van der Waals surface area contributed by atoms with Gasteiger partial charge in [0.05, 0.1) is 32.2 Å². The van der Waals surface area contributed by atoms with Gasteiger partial charge < -0.3 is 14.8 Å². The second kappa shape index (κ2) is 10.9. The third-order valence-corrected chi connectivity index (χ3v) is 6.90. The van der Waals surface area contributed by atoms with Crippen LogP contribution in [0.1, 0.15) is 62.8 Å². The number of methoxy groups -OCH3 is 2. The second-order valence-electron chi connectivity index (χ2n) is 8.52. The van der Waals surface area contributed by atoms with Crippen molar-refractivity contribution in [1.82, 2.24) is 5.32 Å². The number of ether oxygens (including phenoxy) is 2. The van der Waals surface area contributed by atoms with Crippen molar-refractivity contribution in [2.24, 2.45) is 0 Å². The Morgan fingerprint density at radius 2 is 1.64 bits per heavy atom.